The van der Waals surface area contributed by atoms with E-state index in [1.54, 1.807) is 0 Å². The number of aliphatic carboxylic acids is 1. The summed E-state index contributed by atoms with van der Waals surface area (Å²) in [6.07, 6.45) is 1.23. The van der Waals surface area contributed by atoms with Crippen molar-refractivity contribution in [3.63, 3.8) is 0 Å². The highest BCUT2D eigenvalue weighted by Crippen LogP contribution is 2.36. The predicted molar refractivity (Wildman–Crippen MR) is 83.7 cm³/mol. The number of benzene rings is 1. The molecule has 4 atom stereocenters. The maximum Gasteiger partial charge on any atom is 0.307 e. The molecular weight excluding hydrogens is 334 g/mol. The van der Waals surface area contributed by atoms with Crippen molar-refractivity contribution in [2.24, 2.45) is 17.8 Å². The van der Waals surface area contributed by atoms with Gasteiger partial charge in [-0.05, 0) is 43.4 Å². The largest absolute Gasteiger partial charge is 0.481 e. The van der Waals surface area contributed by atoms with Crippen LogP contribution in [0.25, 0.3) is 0 Å². The third kappa shape index (κ3) is 3.84. The molecule has 2 rings (SSSR count). The number of rotatable bonds is 4. The molecule has 1 saturated carbocycles. The van der Waals surface area contributed by atoms with E-state index in [0.29, 0.717) is 12.8 Å². The fourth-order valence-electron chi connectivity index (χ4n) is 3.01. The van der Waals surface area contributed by atoms with Crippen LogP contribution in [0.5, 0.6) is 0 Å². The molecule has 1 aromatic rings. The van der Waals surface area contributed by atoms with E-state index >= 15 is 0 Å². The second-order valence-electron chi connectivity index (χ2n) is 5.91. The quantitative estimate of drug-likeness (QED) is 0.871. The molecule has 1 fully saturated rings. The number of carboxylic acid groups (broad SMARTS) is 1. The van der Waals surface area contributed by atoms with Gasteiger partial charge in [-0.1, -0.05) is 35.0 Å². The first-order chi connectivity index (χ1) is 9.88. The van der Waals surface area contributed by atoms with E-state index in [4.69, 9.17) is 0 Å². The van der Waals surface area contributed by atoms with E-state index < -0.39 is 17.8 Å². The number of carboxylic acids is 1. The molecule has 0 bridgehead atoms. The van der Waals surface area contributed by atoms with Crippen LogP contribution >= 0.6 is 15.9 Å². The summed E-state index contributed by atoms with van der Waals surface area (Å²) in [4.78, 5) is 23.6. The summed E-state index contributed by atoms with van der Waals surface area (Å²) in [7, 11) is 0. The van der Waals surface area contributed by atoms with Crippen molar-refractivity contribution in [3.05, 3.63) is 34.3 Å². The molecule has 1 aliphatic rings. The number of nitrogens with one attached hydrogen (secondary N) is 1. The Labute approximate surface area is 133 Å². The average molecular weight is 354 g/mol. The number of carbonyl (C=O) groups excluding carboxylic acids is 1. The van der Waals surface area contributed by atoms with Gasteiger partial charge in [0.05, 0.1) is 17.9 Å². The minimum atomic E-state index is -0.865. The van der Waals surface area contributed by atoms with E-state index in [1.165, 1.54) is 0 Å². The first-order valence-electron chi connectivity index (χ1n) is 7.17. The van der Waals surface area contributed by atoms with Crippen molar-refractivity contribution in [3.8, 4) is 0 Å². The lowest BCUT2D eigenvalue weighted by molar-refractivity contribution is -0.146. The second-order valence-corrected chi connectivity index (χ2v) is 6.83. The van der Waals surface area contributed by atoms with Gasteiger partial charge in [-0.2, -0.15) is 0 Å². The molecule has 21 heavy (non-hydrogen) atoms. The van der Waals surface area contributed by atoms with E-state index in [0.717, 1.165) is 10.0 Å². The summed E-state index contributed by atoms with van der Waals surface area (Å²) < 4.78 is 0.986. The standard InChI is InChI=1S/C16H20BrNO3/c1-9-7-13(14(8-9)16(20)21)15(19)18-10(2)11-3-5-12(17)6-4-11/h3-6,9-10,13-14H,7-8H2,1-2H3,(H,18,19)(H,20,21)/t9?,10-,13?,14?/m0/s1. The van der Waals surface area contributed by atoms with Crippen LogP contribution in [-0.2, 0) is 9.59 Å². The van der Waals surface area contributed by atoms with E-state index in [2.05, 4.69) is 21.2 Å². The molecule has 0 heterocycles. The predicted octanol–water partition coefficient (Wildman–Crippen LogP) is 3.37. The topological polar surface area (TPSA) is 66.4 Å². The van der Waals surface area contributed by atoms with E-state index in [9.17, 15) is 14.7 Å². The minimum Gasteiger partial charge on any atom is -0.481 e. The highest BCUT2D eigenvalue weighted by atomic mass is 79.9. The lowest BCUT2D eigenvalue weighted by Crippen LogP contribution is -2.36. The van der Waals surface area contributed by atoms with Gasteiger partial charge in [-0.25, -0.2) is 0 Å². The van der Waals surface area contributed by atoms with Crippen molar-refractivity contribution >= 4 is 27.8 Å². The third-order valence-electron chi connectivity index (χ3n) is 4.18. The zero-order valence-corrected chi connectivity index (χ0v) is 13.8. The van der Waals surface area contributed by atoms with Crippen LogP contribution in [0.4, 0.5) is 0 Å². The monoisotopic (exact) mass is 353 g/mol. The Bertz CT molecular complexity index is 529. The van der Waals surface area contributed by atoms with Crippen LogP contribution in [0.2, 0.25) is 0 Å². The molecule has 4 nitrogen and oxygen atoms in total. The first kappa shape index (κ1) is 16.0. The molecule has 0 radical (unpaired) electrons. The zero-order chi connectivity index (χ0) is 15.6. The second kappa shape index (κ2) is 6.60. The number of hydrogen-bond acceptors (Lipinski definition) is 2. The van der Waals surface area contributed by atoms with E-state index in [-0.39, 0.29) is 17.9 Å². The molecule has 3 unspecified atom stereocenters. The first-order valence-corrected chi connectivity index (χ1v) is 7.96. The number of carbonyl (C=O) groups is 2. The summed E-state index contributed by atoms with van der Waals surface area (Å²) in [5.41, 5.74) is 1.00. The van der Waals surface area contributed by atoms with Crippen LogP contribution < -0.4 is 5.32 Å². The van der Waals surface area contributed by atoms with Crippen molar-refractivity contribution in [1.82, 2.24) is 5.32 Å². The Kier molecular flexibility index (Phi) is 5.04. The Morgan fingerprint density at radius 1 is 1.24 bits per heavy atom. The van der Waals surface area contributed by atoms with Gasteiger partial charge in [0.2, 0.25) is 5.91 Å². The maximum atomic E-state index is 12.4. The Morgan fingerprint density at radius 2 is 1.81 bits per heavy atom. The van der Waals surface area contributed by atoms with Gasteiger partial charge < -0.3 is 10.4 Å². The van der Waals surface area contributed by atoms with Crippen molar-refractivity contribution in [1.29, 1.82) is 0 Å². The Balaban J connectivity index is 2.03. The van der Waals surface area contributed by atoms with Gasteiger partial charge in [0.25, 0.3) is 0 Å². The van der Waals surface area contributed by atoms with Crippen LogP contribution in [0.3, 0.4) is 0 Å². The van der Waals surface area contributed by atoms with Gasteiger partial charge in [-0.3, -0.25) is 9.59 Å². The smallest absolute Gasteiger partial charge is 0.307 e. The zero-order valence-electron chi connectivity index (χ0n) is 12.2. The van der Waals surface area contributed by atoms with Gasteiger partial charge in [0.15, 0.2) is 0 Å². The molecule has 1 aromatic carbocycles. The molecule has 5 heteroatoms. The highest BCUT2D eigenvalue weighted by Gasteiger charge is 2.41. The number of amides is 1. The van der Waals surface area contributed by atoms with E-state index in [1.807, 2.05) is 38.1 Å². The van der Waals surface area contributed by atoms with Crippen LogP contribution in [0.1, 0.15) is 38.3 Å². The SMILES string of the molecule is CC1CC(C(=O)O)C(C(=O)N[C@@H](C)c2ccc(Br)cc2)C1. The molecule has 0 aliphatic heterocycles. The molecule has 2 N–H and O–H groups in total. The van der Waals surface area contributed by atoms with Crippen molar-refractivity contribution in [2.75, 3.05) is 0 Å². The maximum absolute atomic E-state index is 12.4. The summed E-state index contributed by atoms with van der Waals surface area (Å²) in [5, 5.41) is 12.2. The Hall–Kier alpha value is -1.36. The molecule has 1 amide bonds. The number of hydrogen-bond donors (Lipinski definition) is 2. The minimum absolute atomic E-state index is 0.129. The fraction of sp³-hybridized carbons (Fsp3) is 0.500. The molecule has 0 spiro atoms. The summed E-state index contributed by atoms with van der Waals surface area (Å²) >= 11 is 3.38. The van der Waals surface area contributed by atoms with Crippen molar-refractivity contribution in [2.45, 2.75) is 32.7 Å². The Morgan fingerprint density at radius 3 is 2.38 bits per heavy atom. The average Bonchev–Trinajstić information content (AvgIpc) is 2.82. The normalized spacial score (nSPS) is 26.3. The van der Waals surface area contributed by atoms with Crippen molar-refractivity contribution < 1.29 is 14.7 Å². The fourth-order valence-corrected chi connectivity index (χ4v) is 3.27. The van der Waals surface area contributed by atoms with Gasteiger partial charge in [-0.15, -0.1) is 0 Å². The summed E-state index contributed by atoms with van der Waals surface area (Å²) in [6.45, 7) is 3.91. The lowest BCUT2D eigenvalue weighted by Gasteiger charge is -2.20. The molecule has 114 valence electrons. The number of halogens is 1. The van der Waals surface area contributed by atoms with Crippen LogP contribution in [-0.4, -0.2) is 17.0 Å². The molecule has 1 aliphatic carbocycles. The molecule has 0 saturated heterocycles. The van der Waals surface area contributed by atoms with Crippen LogP contribution in [0, 0.1) is 17.8 Å². The lowest BCUT2D eigenvalue weighted by atomic mass is 9.94. The third-order valence-corrected chi connectivity index (χ3v) is 4.71. The summed E-state index contributed by atoms with van der Waals surface area (Å²) in [5.74, 6) is -1.71. The van der Waals surface area contributed by atoms with Crippen LogP contribution in [0.15, 0.2) is 28.7 Å². The highest BCUT2D eigenvalue weighted by molar-refractivity contribution is 9.10. The summed E-state index contributed by atoms with van der Waals surface area (Å²) in [6, 6.07) is 7.61. The molecular formula is C16H20BrNO3. The van der Waals surface area contributed by atoms with Gasteiger partial charge >= 0.3 is 5.97 Å². The van der Waals surface area contributed by atoms with Gasteiger partial charge in [0, 0.05) is 4.47 Å². The van der Waals surface area contributed by atoms with Gasteiger partial charge in [0.1, 0.15) is 0 Å². The molecule has 0 aromatic heterocycles.